The Morgan fingerprint density at radius 3 is 2.51 bits per heavy atom. The largest absolute Gasteiger partial charge is 0.478 e. The average molecular weight is 475 g/mol. The van der Waals surface area contributed by atoms with Crippen LogP contribution in [-0.4, -0.2) is 50.5 Å². The highest BCUT2D eigenvalue weighted by atomic mass is 16.7. The summed E-state index contributed by atoms with van der Waals surface area (Å²) >= 11 is 0. The standard InChI is InChI=1S/C27H26N2O6/c1-15-8-16-4-2-3-5-17(16)13-29(15)26(31)20-12-25-24(34-14-35-25)11-19(20)23-10-21(27(32)33)22-9-18(30)6-7-28(22)23/h2-5,10-12,15,18,30H,6-9,13-14H2,1H3,(H,32,33)/t15-,18?/m1/s1. The fourth-order valence-corrected chi connectivity index (χ4v) is 5.51. The summed E-state index contributed by atoms with van der Waals surface area (Å²) in [6, 6.07) is 13.3. The van der Waals surface area contributed by atoms with Crippen molar-refractivity contribution >= 4 is 11.9 Å². The van der Waals surface area contributed by atoms with Gasteiger partial charge < -0.3 is 29.2 Å². The minimum absolute atomic E-state index is 0.00151. The van der Waals surface area contributed by atoms with E-state index in [0.717, 1.165) is 12.0 Å². The van der Waals surface area contributed by atoms with Gasteiger partial charge in [0.15, 0.2) is 11.5 Å². The van der Waals surface area contributed by atoms with Gasteiger partial charge in [0.25, 0.3) is 5.91 Å². The molecule has 8 nitrogen and oxygen atoms in total. The molecule has 3 aliphatic heterocycles. The van der Waals surface area contributed by atoms with Gasteiger partial charge in [0.2, 0.25) is 6.79 Å². The molecule has 35 heavy (non-hydrogen) atoms. The molecule has 0 radical (unpaired) electrons. The van der Waals surface area contributed by atoms with E-state index in [2.05, 4.69) is 12.1 Å². The van der Waals surface area contributed by atoms with E-state index in [-0.39, 0.29) is 30.7 Å². The number of fused-ring (bicyclic) bond motifs is 3. The van der Waals surface area contributed by atoms with E-state index in [1.807, 2.05) is 28.5 Å². The summed E-state index contributed by atoms with van der Waals surface area (Å²) in [5.41, 5.74) is 4.79. The fourth-order valence-electron chi connectivity index (χ4n) is 5.51. The third-order valence-corrected chi connectivity index (χ3v) is 7.34. The minimum atomic E-state index is -1.05. The zero-order chi connectivity index (χ0) is 24.3. The van der Waals surface area contributed by atoms with Gasteiger partial charge in [-0.3, -0.25) is 4.79 Å². The molecule has 3 aromatic rings. The van der Waals surface area contributed by atoms with Gasteiger partial charge in [-0.15, -0.1) is 0 Å². The van der Waals surface area contributed by atoms with Gasteiger partial charge in [-0.25, -0.2) is 4.79 Å². The molecule has 2 N–H and O–H groups in total. The van der Waals surface area contributed by atoms with Crippen LogP contribution in [0.5, 0.6) is 11.5 Å². The lowest BCUT2D eigenvalue weighted by atomic mass is 9.93. The van der Waals surface area contributed by atoms with Gasteiger partial charge >= 0.3 is 5.97 Å². The maximum Gasteiger partial charge on any atom is 0.337 e. The molecular formula is C27H26N2O6. The van der Waals surface area contributed by atoms with Crippen LogP contribution in [0.4, 0.5) is 0 Å². The van der Waals surface area contributed by atoms with Crippen LogP contribution in [0.3, 0.4) is 0 Å². The number of hydrogen-bond acceptors (Lipinski definition) is 5. The minimum Gasteiger partial charge on any atom is -0.478 e. The summed E-state index contributed by atoms with van der Waals surface area (Å²) < 4.78 is 13.1. The van der Waals surface area contributed by atoms with Gasteiger partial charge in [0, 0.05) is 36.8 Å². The summed E-state index contributed by atoms with van der Waals surface area (Å²) in [7, 11) is 0. The van der Waals surface area contributed by atoms with E-state index in [9.17, 15) is 19.8 Å². The second-order valence-electron chi connectivity index (χ2n) is 9.50. The number of aliphatic hydroxyl groups excluding tert-OH is 1. The highest BCUT2D eigenvalue weighted by molar-refractivity contribution is 6.03. The predicted octanol–water partition coefficient (Wildman–Crippen LogP) is 3.48. The molecule has 4 heterocycles. The van der Waals surface area contributed by atoms with Crippen LogP contribution in [0.25, 0.3) is 11.3 Å². The number of amides is 1. The Bertz CT molecular complexity index is 1360. The van der Waals surface area contributed by atoms with Crippen LogP contribution in [-0.2, 0) is 25.9 Å². The molecule has 0 saturated carbocycles. The molecule has 0 bridgehead atoms. The van der Waals surface area contributed by atoms with Crippen LogP contribution in [0.2, 0.25) is 0 Å². The summed E-state index contributed by atoms with van der Waals surface area (Å²) in [6.45, 7) is 3.08. The first-order chi connectivity index (χ1) is 16.9. The van der Waals surface area contributed by atoms with Gasteiger partial charge in [-0.05, 0) is 49.1 Å². The fraction of sp³-hybridized carbons (Fsp3) is 0.333. The first kappa shape index (κ1) is 21.7. The van der Waals surface area contributed by atoms with Crippen molar-refractivity contribution in [1.82, 2.24) is 9.47 Å². The molecule has 1 aromatic heterocycles. The molecule has 180 valence electrons. The van der Waals surface area contributed by atoms with Crippen molar-refractivity contribution in [3.63, 3.8) is 0 Å². The molecule has 2 aromatic carbocycles. The van der Waals surface area contributed by atoms with Crippen LogP contribution < -0.4 is 9.47 Å². The number of carbonyl (C=O) groups excluding carboxylic acids is 1. The molecule has 0 saturated heterocycles. The van der Waals surface area contributed by atoms with Crippen molar-refractivity contribution < 1.29 is 29.3 Å². The zero-order valence-corrected chi connectivity index (χ0v) is 19.4. The molecule has 8 heteroatoms. The molecule has 2 atom stereocenters. The van der Waals surface area contributed by atoms with Crippen LogP contribution in [0, 0.1) is 0 Å². The van der Waals surface area contributed by atoms with E-state index in [1.165, 1.54) is 5.56 Å². The number of aromatic nitrogens is 1. The maximum atomic E-state index is 14.0. The number of aliphatic hydroxyl groups is 1. The first-order valence-electron chi connectivity index (χ1n) is 11.9. The number of benzene rings is 2. The van der Waals surface area contributed by atoms with E-state index < -0.39 is 12.1 Å². The van der Waals surface area contributed by atoms with E-state index >= 15 is 0 Å². The Morgan fingerprint density at radius 1 is 1.00 bits per heavy atom. The molecule has 0 spiro atoms. The van der Waals surface area contributed by atoms with E-state index in [0.29, 0.717) is 53.5 Å². The lowest BCUT2D eigenvalue weighted by molar-refractivity contribution is 0.0656. The summed E-state index contributed by atoms with van der Waals surface area (Å²) in [4.78, 5) is 27.9. The normalized spacial score (nSPS) is 20.3. The Balaban J connectivity index is 1.48. The smallest absolute Gasteiger partial charge is 0.337 e. The van der Waals surface area contributed by atoms with Crippen molar-refractivity contribution in [1.29, 1.82) is 0 Å². The van der Waals surface area contributed by atoms with Crippen LogP contribution in [0.1, 0.15) is 50.9 Å². The molecule has 0 fully saturated rings. The second-order valence-corrected chi connectivity index (χ2v) is 9.50. The van der Waals surface area contributed by atoms with Gasteiger partial charge in [-0.2, -0.15) is 0 Å². The number of hydrogen-bond donors (Lipinski definition) is 2. The number of aromatic carboxylic acids is 1. The maximum absolute atomic E-state index is 14.0. The molecule has 6 rings (SSSR count). The lowest BCUT2D eigenvalue weighted by Gasteiger charge is -2.35. The average Bonchev–Trinajstić information content (AvgIpc) is 3.46. The molecule has 0 aliphatic carbocycles. The zero-order valence-electron chi connectivity index (χ0n) is 19.4. The van der Waals surface area contributed by atoms with E-state index in [1.54, 1.807) is 18.2 Å². The van der Waals surface area contributed by atoms with Crippen molar-refractivity contribution in [2.24, 2.45) is 0 Å². The highest BCUT2D eigenvalue weighted by Gasteiger charge is 2.33. The van der Waals surface area contributed by atoms with Gasteiger partial charge in [-0.1, -0.05) is 24.3 Å². The molecule has 1 unspecified atom stereocenters. The Morgan fingerprint density at radius 2 is 1.74 bits per heavy atom. The monoisotopic (exact) mass is 474 g/mol. The molecule has 3 aliphatic rings. The van der Waals surface area contributed by atoms with Gasteiger partial charge in [0.05, 0.1) is 22.9 Å². The number of carboxylic acids is 1. The van der Waals surface area contributed by atoms with Crippen molar-refractivity contribution in [2.75, 3.05) is 6.79 Å². The van der Waals surface area contributed by atoms with Crippen LogP contribution >= 0.6 is 0 Å². The van der Waals surface area contributed by atoms with Crippen molar-refractivity contribution in [3.05, 3.63) is 70.4 Å². The number of nitrogens with zero attached hydrogens (tertiary/aromatic N) is 2. The van der Waals surface area contributed by atoms with Crippen molar-refractivity contribution in [3.8, 4) is 22.8 Å². The quantitative estimate of drug-likeness (QED) is 0.603. The first-order valence-corrected chi connectivity index (χ1v) is 11.9. The number of rotatable bonds is 3. The number of carbonyl (C=O) groups is 2. The lowest BCUT2D eigenvalue weighted by Crippen LogP contribution is -2.42. The predicted molar refractivity (Wildman–Crippen MR) is 127 cm³/mol. The third kappa shape index (κ3) is 3.56. The molecule has 1 amide bonds. The highest BCUT2D eigenvalue weighted by Crippen LogP contribution is 2.42. The molecular weight excluding hydrogens is 448 g/mol. The summed E-state index contributed by atoms with van der Waals surface area (Å²) in [6.07, 6.45) is 0.954. The van der Waals surface area contributed by atoms with E-state index in [4.69, 9.17) is 9.47 Å². The second kappa shape index (κ2) is 8.16. The van der Waals surface area contributed by atoms with Gasteiger partial charge in [0.1, 0.15) is 0 Å². The Hall–Kier alpha value is -3.78. The number of carboxylic acid groups (broad SMARTS) is 1. The topological polar surface area (TPSA) is 101 Å². The third-order valence-electron chi connectivity index (χ3n) is 7.34. The van der Waals surface area contributed by atoms with Crippen LogP contribution in [0.15, 0.2) is 42.5 Å². The Kier molecular flexibility index (Phi) is 5.07. The SMILES string of the molecule is C[C@@H]1Cc2ccccc2CN1C(=O)c1cc2c(cc1-c1cc(C(=O)O)c3n1CCC(O)C3)OCO2. The Labute approximate surface area is 202 Å². The van der Waals surface area contributed by atoms with Crippen molar-refractivity contribution in [2.45, 2.75) is 51.4 Å². The summed E-state index contributed by atoms with van der Waals surface area (Å²) in [5, 5.41) is 20.0. The summed E-state index contributed by atoms with van der Waals surface area (Å²) in [5.74, 6) is -0.161. The number of ether oxygens (including phenoxy) is 2.